The zero-order valence-electron chi connectivity index (χ0n) is 19.5. The van der Waals surface area contributed by atoms with Crippen molar-refractivity contribution in [3.05, 3.63) is 36.5 Å². The fourth-order valence-electron chi connectivity index (χ4n) is 2.27. The standard InChI is InChI=1S/C23H40N2O4/c1-10-12-18(13-11-2)19(26)24-14-22(6,7)16-28-17-23(8,9)15-25-20(27)29-21(3,4)5/h10-13H,1,14-17H2,2-9H3,(H,24,26)(H,25,27)/b13-11-,18-12+. The summed E-state index contributed by atoms with van der Waals surface area (Å²) in [5.41, 5.74) is -0.442. The monoisotopic (exact) mass is 408 g/mol. The molecule has 0 atom stereocenters. The molecule has 2 N–H and O–H groups in total. The number of alkyl carbamates (subject to hydrolysis) is 1. The van der Waals surface area contributed by atoms with E-state index in [0.29, 0.717) is 31.9 Å². The van der Waals surface area contributed by atoms with E-state index in [9.17, 15) is 9.59 Å². The van der Waals surface area contributed by atoms with Crippen molar-refractivity contribution in [2.24, 2.45) is 10.8 Å². The van der Waals surface area contributed by atoms with Crippen molar-refractivity contribution in [1.82, 2.24) is 10.6 Å². The summed E-state index contributed by atoms with van der Waals surface area (Å²) in [6.07, 6.45) is 6.41. The Morgan fingerprint density at radius 3 is 1.90 bits per heavy atom. The third kappa shape index (κ3) is 13.7. The Kier molecular flexibility index (Phi) is 11.0. The first kappa shape index (κ1) is 26.9. The summed E-state index contributed by atoms with van der Waals surface area (Å²) in [6.45, 7) is 21.0. The summed E-state index contributed by atoms with van der Waals surface area (Å²) in [5.74, 6) is -0.141. The Bertz CT molecular complexity index is 611. The molecule has 0 spiro atoms. The molecule has 0 unspecified atom stereocenters. The lowest BCUT2D eigenvalue weighted by Crippen LogP contribution is -2.41. The summed E-state index contributed by atoms with van der Waals surface area (Å²) >= 11 is 0. The number of ether oxygens (including phenoxy) is 2. The van der Waals surface area contributed by atoms with Gasteiger partial charge in [0.25, 0.3) is 5.91 Å². The highest BCUT2D eigenvalue weighted by molar-refractivity contribution is 5.96. The lowest BCUT2D eigenvalue weighted by molar-refractivity contribution is -0.117. The van der Waals surface area contributed by atoms with Crippen molar-refractivity contribution in [2.45, 2.75) is 61.0 Å². The van der Waals surface area contributed by atoms with E-state index in [4.69, 9.17) is 9.47 Å². The highest BCUT2D eigenvalue weighted by Gasteiger charge is 2.25. The van der Waals surface area contributed by atoms with Crippen LogP contribution in [0.1, 0.15) is 55.4 Å². The highest BCUT2D eigenvalue weighted by atomic mass is 16.6. The van der Waals surface area contributed by atoms with Crippen LogP contribution in [0.3, 0.4) is 0 Å². The predicted octanol–water partition coefficient (Wildman–Crippen LogP) is 4.38. The Hall–Kier alpha value is -2.08. The number of allylic oxidation sites excluding steroid dienone is 3. The first-order valence-corrected chi connectivity index (χ1v) is 9.99. The smallest absolute Gasteiger partial charge is 0.407 e. The number of amides is 2. The lowest BCUT2D eigenvalue weighted by atomic mass is 9.93. The van der Waals surface area contributed by atoms with E-state index in [1.54, 1.807) is 18.2 Å². The number of nitrogens with one attached hydrogen (secondary N) is 2. The molecule has 0 saturated carbocycles. The molecule has 0 aliphatic rings. The van der Waals surface area contributed by atoms with Gasteiger partial charge in [-0.05, 0) is 27.7 Å². The molecule has 0 aromatic heterocycles. The third-order valence-electron chi connectivity index (χ3n) is 3.73. The van der Waals surface area contributed by atoms with E-state index >= 15 is 0 Å². The van der Waals surface area contributed by atoms with Gasteiger partial charge in [0, 0.05) is 29.5 Å². The molecule has 0 aliphatic carbocycles. The average Bonchev–Trinajstić information content (AvgIpc) is 2.56. The molecule has 0 aromatic carbocycles. The molecule has 0 bridgehead atoms. The molecule has 0 rings (SSSR count). The third-order valence-corrected chi connectivity index (χ3v) is 3.73. The maximum Gasteiger partial charge on any atom is 0.407 e. The molecule has 0 aromatic rings. The second-order valence-electron chi connectivity index (χ2n) is 9.72. The molecular weight excluding hydrogens is 368 g/mol. The number of hydrogen-bond donors (Lipinski definition) is 2. The minimum atomic E-state index is -0.521. The van der Waals surface area contributed by atoms with Gasteiger partial charge in [0.2, 0.25) is 0 Å². The van der Waals surface area contributed by atoms with E-state index in [-0.39, 0.29) is 16.7 Å². The van der Waals surface area contributed by atoms with Crippen LogP contribution >= 0.6 is 0 Å². The highest BCUT2D eigenvalue weighted by Crippen LogP contribution is 2.19. The summed E-state index contributed by atoms with van der Waals surface area (Å²) < 4.78 is 11.1. The van der Waals surface area contributed by atoms with Gasteiger partial charge in [0.05, 0.1) is 13.2 Å². The topological polar surface area (TPSA) is 76.7 Å². The van der Waals surface area contributed by atoms with Crippen LogP contribution in [0.4, 0.5) is 4.79 Å². The van der Waals surface area contributed by atoms with Crippen LogP contribution in [0, 0.1) is 10.8 Å². The SMILES string of the molecule is C=C/C=C(\C=C/C)C(=O)NCC(C)(C)COCC(C)(C)CNC(=O)OC(C)(C)C. The number of rotatable bonds is 11. The van der Waals surface area contributed by atoms with Gasteiger partial charge in [0.1, 0.15) is 5.60 Å². The van der Waals surface area contributed by atoms with Crippen LogP contribution in [-0.2, 0) is 14.3 Å². The van der Waals surface area contributed by atoms with Crippen molar-refractivity contribution in [3.63, 3.8) is 0 Å². The average molecular weight is 409 g/mol. The van der Waals surface area contributed by atoms with Gasteiger partial charge in [0.15, 0.2) is 0 Å². The van der Waals surface area contributed by atoms with Crippen molar-refractivity contribution < 1.29 is 19.1 Å². The summed E-state index contributed by atoms with van der Waals surface area (Å²) in [5, 5.41) is 5.73. The second-order valence-corrected chi connectivity index (χ2v) is 9.72. The molecule has 6 nitrogen and oxygen atoms in total. The molecule has 0 aliphatic heterocycles. The van der Waals surface area contributed by atoms with E-state index in [0.717, 1.165) is 0 Å². The van der Waals surface area contributed by atoms with Crippen molar-refractivity contribution in [1.29, 1.82) is 0 Å². The van der Waals surface area contributed by atoms with E-state index < -0.39 is 11.7 Å². The number of carbonyl (C=O) groups is 2. The van der Waals surface area contributed by atoms with Gasteiger partial charge in [-0.2, -0.15) is 0 Å². The van der Waals surface area contributed by atoms with Gasteiger partial charge in [-0.3, -0.25) is 4.79 Å². The Morgan fingerprint density at radius 1 is 0.931 bits per heavy atom. The molecule has 6 heteroatoms. The van der Waals surface area contributed by atoms with Crippen LogP contribution in [-0.4, -0.2) is 43.9 Å². The van der Waals surface area contributed by atoms with Crippen molar-refractivity contribution >= 4 is 12.0 Å². The van der Waals surface area contributed by atoms with E-state index in [1.165, 1.54) is 0 Å². The van der Waals surface area contributed by atoms with Crippen molar-refractivity contribution in [3.8, 4) is 0 Å². The van der Waals surface area contributed by atoms with Crippen LogP contribution in [0.25, 0.3) is 0 Å². The second kappa shape index (κ2) is 11.8. The number of carbonyl (C=O) groups excluding carboxylic acids is 2. The predicted molar refractivity (Wildman–Crippen MR) is 119 cm³/mol. The molecule has 0 heterocycles. The zero-order chi connectivity index (χ0) is 22.7. The molecule has 0 saturated heterocycles. The van der Waals surface area contributed by atoms with Gasteiger partial charge >= 0.3 is 6.09 Å². The summed E-state index contributed by atoms with van der Waals surface area (Å²) in [4.78, 5) is 24.1. The van der Waals surface area contributed by atoms with E-state index in [1.807, 2.05) is 61.5 Å². The fourth-order valence-corrected chi connectivity index (χ4v) is 2.27. The maximum absolute atomic E-state index is 12.3. The van der Waals surface area contributed by atoms with Crippen LogP contribution in [0.2, 0.25) is 0 Å². The Balaban J connectivity index is 4.44. The Labute approximate surface area is 176 Å². The quantitative estimate of drug-likeness (QED) is 0.393. The zero-order valence-corrected chi connectivity index (χ0v) is 19.5. The Morgan fingerprint density at radius 2 is 1.45 bits per heavy atom. The first-order chi connectivity index (χ1) is 13.2. The molecule has 29 heavy (non-hydrogen) atoms. The van der Waals surface area contributed by atoms with Crippen molar-refractivity contribution in [2.75, 3.05) is 26.3 Å². The fraction of sp³-hybridized carbons (Fsp3) is 0.652. The molecule has 166 valence electrons. The molecule has 0 radical (unpaired) electrons. The van der Waals surface area contributed by atoms with Gasteiger partial charge in [-0.25, -0.2) is 4.79 Å². The van der Waals surface area contributed by atoms with Crippen LogP contribution in [0.15, 0.2) is 36.5 Å². The maximum atomic E-state index is 12.3. The van der Waals surface area contributed by atoms with Crippen LogP contribution < -0.4 is 10.6 Å². The summed E-state index contributed by atoms with van der Waals surface area (Å²) in [6, 6.07) is 0. The molecule has 2 amide bonds. The van der Waals surface area contributed by atoms with Gasteiger partial charge in [-0.15, -0.1) is 0 Å². The molecule has 0 fully saturated rings. The van der Waals surface area contributed by atoms with E-state index in [2.05, 4.69) is 17.2 Å². The minimum Gasteiger partial charge on any atom is -0.444 e. The molecular formula is C23H40N2O4. The minimum absolute atomic E-state index is 0.141. The summed E-state index contributed by atoms with van der Waals surface area (Å²) in [7, 11) is 0. The largest absolute Gasteiger partial charge is 0.444 e. The number of hydrogen-bond acceptors (Lipinski definition) is 4. The van der Waals surface area contributed by atoms with Gasteiger partial charge < -0.3 is 20.1 Å². The lowest BCUT2D eigenvalue weighted by Gasteiger charge is -2.30. The van der Waals surface area contributed by atoms with Gasteiger partial charge in [-0.1, -0.05) is 58.6 Å². The first-order valence-electron chi connectivity index (χ1n) is 9.99. The normalized spacial score (nSPS) is 13.3. The van der Waals surface area contributed by atoms with Crippen LogP contribution in [0.5, 0.6) is 0 Å².